The average molecular weight is 394 g/mol. The van der Waals surface area contributed by atoms with Crippen molar-refractivity contribution in [3.8, 4) is 5.75 Å². The largest absolute Gasteiger partial charge is 0.486 e. The molecule has 0 saturated carbocycles. The second kappa shape index (κ2) is 7.71. The van der Waals surface area contributed by atoms with Crippen molar-refractivity contribution in [1.29, 1.82) is 0 Å². The fraction of sp³-hybridized carbons (Fsp3) is 0.158. The molecular formula is C19H14F4N2O3. The zero-order valence-electron chi connectivity index (χ0n) is 14.5. The standard InChI is InChI=1S/C19H14F4N2O3/c1-11-14(10-27-16-5-3-2-4-15(16)20)17(25-28-11)18(26)24-13-8-6-12(7-9-13)19(21,22)23/h2-9H,10H2,1H3,(H,24,26). The summed E-state index contributed by atoms with van der Waals surface area (Å²) in [5.74, 6) is -0.956. The zero-order valence-corrected chi connectivity index (χ0v) is 14.5. The van der Waals surface area contributed by atoms with Crippen LogP contribution in [0.15, 0.2) is 53.1 Å². The van der Waals surface area contributed by atoms with E-state index < -0.39 is 23.5 Å². The minimum absolute atomic E-state index is 0.00259. The summed E-state index contributed by atoms with van der Waals surface area (Å²) in [6, 6.07) is 9.73. The third-order valence-electron chi connectivity index (χ3n) is 3.88. The molecule has 0 radical (unpaired) electrons. The van der Waals surface area contributed by atoms with E-state index in [1.165, 1.54) is 18.2 Å². The summed E-state index contributed by atoms with van der Waals surface area (Å²) >= 11 is 0. The minimum atomic E-state index is -4.47. The average Bonchev–Trinajstić information content (AvgIpc) is 3.01. The van der Waals surface area contributed by atoms with Gasteiger partial charge in [-0.3, -0.25) is 4.79 Å². The predicted molar refractivity (Wildman–Crippen MR) is 91.4 cm³/mol. The molecule has 0 unspecified atom stereocenters. The maximum Gasteiger partial charge on any atom is 0.416 e. The van der Waals surface area contributed by atoms with Gasteiger partial charge >= 0.3 is 6.18 Å². The van der Waals surface area contributed by atoms with Crippen LogP contribution in [0.1, 0.15) is 27.4 Å². The number of anilines is 1. The molecule has 1 N–H and O–H groups in total. The number of benzene rings is 2. The van der Waals surface area contributed by atoms with Gasteiger partial charge in [0.1, 0.15) is 12.4 Å². The minimum Gasteiger partial charge on any atom is -0.486 e. The lowest BCUT2D eigenvalue weighted by atomic mass is 10.1. The maximum atomic E-state index is 13.7. The lowest BCUT2D eigenvalue weighted by molar-refractivity contribution is -0.137. The molecule has 1 aromatic heterocycles. The van der Waals surface area contributed by atoms with Gasteiger partial charge in [0.15, 0.2) is 17.3 Å². The van der Waals surface area contributed by atoms with Gasteiger partial charge in [-0.25, -0.2) is 4.39 Å². The van der Waals surface area contributed by atoms with Crippen molar-refractivity contribution in [2.24, 2.45) is 0 Å². The van der Waals surface area contributed by atoms with E-state index in [1.807, 2.05) is 0 Å². The molecule has 1 heterocycles. The molecule has 2 aromatic carbocycles. The van der Waals surface area contributed by atoms with E-state index in [9.17, 15) is 22.4 Å². The lowest BCUT2D eigenvalue weighted by Gasteiger charge is -2.09. The van der Waals surface area contributed by atoms with Crippen LogP contribution in [-0.2, 0) is 12.8 Å². The summed E-state index contributed by atoms with van der Waals surface area (Å²) < 4.78 is 61.9. The van der Waals surface area contributed by atoms with Crippen molar-refractivity contribution in [1.82, 2.24) is 5.16 Å². The maximum absolute atomic E-state index is 13.7. The number of rotatable bonds is 5. The SMILES string of the molecule is Cc1onc(C(=O)Nc2ccc(C(F)(F)F)cc2)c1COc1ccccc1F. The Balaban J connectivity index is 1.73. The first-order chi connectivity index (χ1) is 13.3. The zero-order chi connectivity index (χ0) is 20.3. The topological polar surface area (TPSA) is 64.4 Å². The summed E-state index contributed by atoms with van der Waals surface area (Å²) in [5.41, 5.74) is -0.484. The first-order valence-electron chi connectivity index (χ1n) is 8.07. The molecule has 0 fully saturated rings. The number of nitrogens with one attached hydrogen (secondary N) is 1. The van der Waals surface area contributed by atoms with Crippen LogP contribution < -0.4 is 10.1 Å². The molecule has 0 aliphatic carbocycles. The van der Waals surface area contributed by atoms with Crippen molar-refractivity contribution in [3.63, 3.8) is 0 Å². The molecule has 28 heavy (non-hydrogen) atoms. The number of alkyl halides is 3. The summed E-state index contributed by atoms with van der Waals surface area (Å²) in [6.45, 7) is 1.38. The van der Waals surface area contributed by atoms with E-state index in [0.29, 0.717) is 11.3 Å². The number of ether oxygens (including phenoxy) is 1. The molecule has 3 aromatic rings. The number of aryl methyl sites for hydroxylation is 1. The van der Waals surface area contributed by atoms with Crippen molar-refractivity contribution in [2.75, 3.05) is 5.32 Å². The van der Waals surface area contributed by atoms with Gasteiger partial charge in [-0.2, -0.15) is 13.2 Å². The van der Waals surface area contributed by atoms with Gasteiger partial charge in [0, 0.05) is 5.69 Å². The van der Waals surface area contributed by atoms with E-state index in [4.69, 9.17) is 9.26 Å². The number of carbonyl (C=O) groups is 1. The third kappa shape index (κ3) is 4.30. The summed E-state index contributed by atoms with van der Waals surface area (Å²) in [6.07, 6.45) is -4.47. The van der Waals surface area contributed by atoms with Crippen molar-refractivity contribution < 1.29 is 31.6 Å². The van der Waals surface area contributed by atoms with Crippen LogP contribution in [0.5, 0.6) is 5.75 Å². The Hall–Kier alpha value is -3.36. The smallest absolute Gasteiger partial charge is 0.416 e. The fourth-order valence-corrected chi connectivity index (χ4v) is 2.38. The third-order valence-corrected chi connectivity index (χ3v) is 3.88. The number of carbonyl (C=O) groups excluding carboxylic acids is 1. The number of nitrogens with zero attached hydrogens (tertiary/aromatic N) is 1. The van der Waals surface area contributed by atoms with Gasteiger partial charge in [0.25, 0.3) is 5.91 Å². The van der Waals surface area contributed by atoms with Gasteiger partial charge in [-0.05, 0) is 43.3 Å². The Morgan fingerprint density at radius 1 is 1.14 bits per heavy atom. The van der Waals surface area contributed by atoms with Crippen LogP contribution in [0.2, 0.25) is 0 Å². The summed E-state index contributed by atoms with van der Waals surface area (Å²) in [4.78, 5) is 12.4. The molecule has 146 valence electrons. The molecule has 0 saturated heterocycles. The van der Waals surface area contributed by atoms with Gasteiger partial charge in [0.05, 0.1) is 11.1 Å². The molecular weight excluding hydrogens is 380 g/mol. The Morgan fingerprint density at radius 3 is 2.46 bits per heavy atom. The van der Waals surface area contributed by atoms with Gasteiger partial charge < -0.3 is 14.6 Å². The quantitative estimate of drug-likeness (QED) is 0.621. The molecule has 9 heteroatoms. The summed E-state index contributed by atoms with van der Waals surface area (Å²) in [7, 11) is 0. The first-order valence-corrected chi connectivity index (χ1v) is 8.07. The summed E-state index contributed by atoms with van der Waals surface area (Å²) in [5, 5.41) is 6.10. The van der Waals surface area contributed by atoms with E-state index >= 15 is 0 Å². The second-order valence-electron chi connectivity index (χ2n) is 5.81. The van der Waals surface area contributed by atoms with E-state index in [2.05, 4.69) is 10.5 Å². The fourth-order valence-electron chi connectivity index (χ4n) is 2.38. The Labute approximate surface area is 156 Å². The molecule has 0 bridgehead atoms. The number of aromatic nitrogens is 1. The van der Waals surface area contributed by atoms with Crippen LogP contribution in [0.25, 0.3) is 0 Å². The van der Waals surface area contributed by atoms with Crippen LogP contribution >= 0.6 is 0 Å². The highest BCUT2D eigenvalue weighted by molar-refractivity contribution is 6.03. The molecule has 3 rings (SSSR count). The normalized spacial score (nSPS) is 11.3. The molecule has 0 aliphatic heterocycles. The van der Waals surface area contributed by atoms with Crippen LogP contribution in [0.3, 0.4) is 0 Å². The number of amides is 1. The highest BCUT2D eigenvalue weighted by atomic mass is 19.4. The molecule has 0 atom stereocenters. The van der Waals surface area contributed by atoms with Gasteiger partial charge in [-0.15, -0.1) is 0 Å². The van der Waals surface area contributed by atoms with Crippen molar-refractivity contribution in [2.45, 2.75) is 19.7 Å². The van der Waals surface area contributed by atoms with Crippen LogP contribution in [0, 0.1) is 12.7 Å². The van der Waals surface area contributed by atoms with Gasteiger partial charge in [0.2, 0.25) is 0 Å². The highest BCUT2D eigenvalue weighted by Crippen LogP contribution is 2.30. The van der Waals surface area contributed by atoms with E-state index in [1.54, 1.807) is 13.0 Å². The van der Waals surface area contributed by atoms with Crippen molar-refractivity contribution >= 4 is 11.6 Å². The molecule has 0 spiro atoms. The predicted octanol–water partition coefficient (Wildman–Crippen LogP) is 4.97. The first kappa shape index (κ1) is 19.4. The number of para-hydroxylation sites is 1. The van der Waals surface area contributed by atoms with E-state index in [0.717, 1.165) is 24.3 Å². The molecule has 1 amide bonds. The van der Waals surface area contributed by atoms with Gasteiger partial charge in [-0.1, -0.05) is 17.3 Å². The Kier molecular flexibility index (Phi) is 5.34. The number of halogens is 4. The van der Waals surface area contributed by atoms with E-state index in [-0.39, 0.29) is 23.7 Å². The number of hydrogen-bond acceptors (Lipinski definition) is 4. The second-order valence-corrected chi connectivity index (χ2v) is 5.81. The molecule has 0 aliphatic rings. The van der Waals surface area contributed by atoms with Crippen LogP contribution in [0.4, 0.5) is 23.2 Å². The molecule has 5 nitrogen and oxygen atoms in total. The Morgan fingerprint density at radius 2 is 1.82 bits per heavy atom. The monoisotopic (exact) mass is 394 g/mol. The lowest BCUT2D eigenvalue weighted by Crippen LogP contribution is -2.15. The highest BCUT2D eigenvalue weighted by Gasteiger charge is 2.30. The van der Waals surface area contributed by atoms with Crippen LogP contribution in [-0.4, -0.2) is 11.1 Å². The van der Waals surface area contributed by atoms with Crippen molar-refractivity contribution in [3.05, 3.63) is 76.9 Å². The Bertz CT molecular complexity index is 982. The number of hydrogen-bond donors (Lipinski definition) is 1.